The minimum atomic E-state index is -0.246. The van der Waals surface area contributed by atoms with Crippen molar-refractivity contribution in [2.75, 3.05) is 13.2 Å². The average molecular weight is 350 g/mol. The van der Waals surface area contributed by atoms with Crippen LogP contribution in [-0.2, 0) is 17.9 Å². The highest BCUT2D eigenvalue weighted by molar-refractivity contribution is 6.30. The summed E-state index contributed by atoms with van der Waals surface area (Å²) < 4.78 is 24.4. The van der Waals surface area contributed by atoms with E-state index in [9.17, 15) is 4.39 Å². The van der Waals surface area contributed by atoms with Crippen molar-refractivity contribution in [2.45, 2.75) is 32.1 Å². The summed E-state index contributed by atoms with van der Waals surface area (Å²) in [5.41, 5.74) is 1.92. The molecule has 24 heavy (non-hydrogen) atoms. The van der Waals surface area contributed by atoms with E-state index in [-0.39, 0.29) is 5.82 Å². The third-order valence-corrected chi connectivity index (χ3v) is 4.28. The number of hydrogen-bond acceptors (Lipinski definition) is 3. The molecule has 0 aliphatic carbocycles. The van der Waals surface area contributed by atoms with E-state index in [4.69, 9.17) is 21.1 Å². The maximum Gasteiger partial charge on any atom is 0.124 e. The average Bonchev–Trinajstić information content (AvgIpc) is 3.09. The van der Waals surface area contributed by atoms with Gasteiger partial charge in [0.2, 0.25) is 0 Å². The number of nitrogens with one attached hydrogen (secondary N) is 1. The van der Waals surface area contributed by atoms with Gasteiger partial charge in [-0.3, -0.25) is 0 Å². The number of halogens is 2. The van der Waals surface area contributed by atoms with Crippen LogP contribution in [0.3, 0.4) is 0 Å². The summed E-state index contributed by atoms with van der Waals surface area (Å²) in [6.07, 6.45) is 2.54. The molecule has 2 aromatic rings. The van der Waals surface area contributed by atoms with E-state index in [1.54, 1.807) is 12.1 Å². The van der Waals surface area contributed by atoms with Gasteiger partial charge in [-0.25, -0.2) is 4.39 Å². The standard InChI is InChI=1S/C19H21ClFNO2/c20-16-5-8-19(24-13-14-3-6-17(21)7-4-14)15(10-16)11-22-12-18-2-1-9-23-18/h3-8,10,18,22H,1-2,9,11-13H2. The van der Waals surface area contributed by atoms with Gasteiger partial charge in [0.1, 0.15) is 18.2 Å². The third-order valence-electron chi connectivity index (χ3n) is 4.04. The molecule has 1 fully saturated rings. The highest BCUT2D eigenvalue weighted by Crippen LogP contribution is 2.24. The van der Waals surface area contributed by atoms with Gasteiger partial charge in [0.15, 0.2) is 0 Å². The van der Waals surface area contributed by atoms with Crippen LogP contribution in [-0.4, -0.2) is 19.3 Å². The van der Waals surface area contributed by atoms with Gasteiger partial charge >= 0.3 is 0 Å². The van der Waals surface area contributed by atoms with Crippen LogP contribution in [0.15, 0.2) is 42.5 Å². The second-order valence-electron chi connectivity index (χ2n) is 5.93. The maximum absolute atomic E-state index is 13.0. The quantitative estimate of drug-likeness (QED) is 0.807. The van der Waals surface area contributed by atoms with Crippen molar-refractivity contribution in [3.8, 4) is 5.75 Å². The molecule has 128 valence electrons. The Labute approximate surface area is 146 Å². The second kappa shape index (κ2) is 8.47. The summed E-state index contributed by atoms with van der Waals surface area (Å²) in [6, 6.07) is 11.9. The molecule has 0 bridgehead atoms. The molecule has 3 rings (SSSR count). The van der Waals surface area contributed by atoms with Crippen LogP contribution in [0.25, 0.3) is 0 Å². The Bertz CT molecular complexity index is 657. The van der Waals surface area contributed by atoms with Crippen LogP contribution in [0.1, 0.15) is 24.0 Å². The SMILES string of the molecule is Fc1ccc(COc2ccc(Cl)cc2CNCC2CCCO2)cc1. The first-order chi connectivity index (χ1) is 11.7. The van der Waals surface area contributed by atoms with Gasteiger partial charge < -0.3 is 14.8 Å². The fraction of sp³-hybridized carbons (Fsp3) is 0.368. The zero-order valence-corrected chi connectivity index (χ0v) is 14.2. The van der Waals surface area contributed by atoms with Gasteiger partial charge in [-0.2, -0.15) is 0 Å². The molecule has 1 aliphatic rings. The summed E-state index contributed by atoms with van der Waals surface area (Å²) in [5, 5.41) is 4.08. The third kappa shape index (κ3) is 4.94. The molecule has 0 aromatic heterocycles. The fourth-order valence-corrected chi connectivity index (χ4v) is 2.94. The van der Waals surface area contributed by atoms with E-state index in [1.807, 2.05) is 18.2 Å². The van der Waals surface area contributed by atoms with Crippen LogP contribution in [0.5, 0.6) is 5.75 Å². The highest BCUT2D eigenvalue weighted by atomic mass is 35.5. The summed E-state index contributed by atoms with van der Waals surface area (Å²) >= 11 is 6.11. The molecule has 5 heteroatoms. The van der Waals surface area contributed by atoms with Crippen molar-refractivity contribution in [3.63, 3.8) is 0 Å². The lowest BCUT2D eigenvalue weighted by Gasteiger charge is -2.15. The molecule has 1 unspecified atom stereocenters. The molecule has 1 atom stereocenters. The number of benzene rings is 2. The fourth-order valence-electron chi connectivity index (χ4n) is 2.74. The highest BCUT2D eigenvalue weighted by Gasteiger charge is 2.15. The maximum atomic E-state index is 13.0. The first-order valence-electron chi connectivity index (χ1n) is 8.19. The Morgan fingerprint density at radius 2 is 2.04 bits per heavy atom. The van der Waals surface area contributed by atoms with Crippen molar-refractivity contribution < 1.29 is 13.9 Å². The van der Waals surface area contributed by atoms with Crippen molar-refractivity contribution in [3.05, 3.63) is 64.4 Å². The van der Waals surface area contributed by atoms with Crippen LogP contribution in [0, 0.1) is 5.82 Å². The van der Waals surface area contributed by atoms with E-state index >= 15 is 0 Å². The molecule has 1 heterocycles. The van der Waals surface area contributed by atoms with Crippen molar-refractivity contribution >= 4 is 11.6 Å². The largest absolute Gasteiger partial charge is 0.489 e. The van der Waals surface area contributed by atoms with Gasteiger partial charge in [-0.05, 0) is 48.7 Å². The van der Waals surface area contributed by atoms with E-state index in [2.05, 4.69) is 5.32 Å². The zero-order valence-electron chi connectivity index (χ0n) is 13.4. The van der Waals surface area contributed by atoms with Gasteiger partial charge in [-0.1, -0.05) is 23.7 Å². The summed E-state index contributed by atoms with van der Waals surface area (Å²) in [5.74, 6) is 0.535. The van der Waals surface area contributed by atoms with Crippen LogP contribution in [0.4, 0.5) is 4.39 Å². The van der Waals surface area contributed by atoms with Gasteiger partial charge in [0, 0.05) is 30.3 Å². The lowest BCUT2D eigenvalue weighted by atomic mass is 10.2. The van der Waals surface area contributed by atoms with Gasteiger partial charge in [0.25, 0.3) is 0 Å². The summed E-state index contributed by atoms with van der Waals surface area (Å²) in [7, 11) is 0. The minimum Gasteiger partial charge on any atom is -0.489 e. The Balaban J connectivity index is 1.58. The Kier molecular flexibility index (Phi) is 6.07. The molecule has 1 N–H and O–H groups in total. The molecule has 1 aliphatic heterocycles. The van der Waals surface area contributed by atoms with E-state index in [0.29, 0.717) is 24.3 Å². The normalized spacial score (nSPS) is 17.2. The summed E-state index contributed by atoms with van der Waals surface area (Å²) in [4.78, 5) is 0. The predicted molar refractivity (Wildman–Crippen MR) is 92.9 cm³/mol. The van der Waals surface area contributed by atoms with E-state index in [0.717, 1.165) is 42.9 Å². The van der Waals surface area contributed by atoms with Crippen molar-refractivity contribution in [1.82, 2.24) is 5.32 Å². The molecule has 0 amide bonds. The monoisotopic (exact) mass is 349 g/mol. The molecular weight excluding hydrogens is 329 g/mol. The zero-order chi connectivity index (χ0) is 16.8. The number of hydrogen-bond donors (Lipinski definition) is 1. The van der Waals surface area contributed by atoms with Crippen LogP contribution >= 0.6 is 11.6 Å². The molecule has 0 saturated carbocycles. The molecule has 3 nitrogen and oxygen atoms in total. The van der Waals surface area contributed by atoms with Crippen molar-refractivity contribution in [1.29, 1.82) is 0 Å². The number of rotatable bonds is 7. The Morgan fingerprint density at radius 1 is 1.21 bits per heavy atom. The predicted octanol–water partition coefficient (Wildman–Crippen LogP) is 4.33. The molecular formula is C19H21ClFNO2. The molecule has 0 radical (unpaired) electrons. The molecule has 0 spiro atoms. The Hall–Kier alpha value is -1.62. The number of ether oxygens (including phenoxy) is 2. The van der Waals surface area contributed by atoms with Crippen LogP contribution in [0.2, 0.25) is 5.02 Å². The van der Waals surface area contributed by atoms with E-state index < -0.39 is 0 Å². The Morgan fingerprint density at radius 3 is 2.79 bits per heavy atom. The smallest absolute Gasteiger partial charge is 0.124 e. The van der Waals surface area contributed by atoms with Crippen molar-refractivity contribution in [2.24, 2.45) is 0 Å². The topological polar surface area (TPSA) is 30.5 Å². The second-order valence-corrected chi connectivity index (χ2v) is 6.37. The summed E-state index contributed by atoms with van der Waals surface area (Å²) in [6.45, 7) is 2.74. The lowest BCUT2D eigenvalue weighted by Crippen LogP contribution is -2.26. The molecule has 2 aromatic carbocycles. The van der Waals surface area contributed by atoms with Gasteiger partial charge in [0.05, 0.1) is 6.10 Å². The lowest BCUT2D eigenvalue weighted by molar-refractivity contribution is 0.110. The minimum absolute atomic E-state index is 0.246. The first-order valence-corrected chi connectivity index (χ1v) is 8.56. The first kappa shape index (κ1) is 17.2. The van der Waals surface area contributed by atoms with Crippen LogP contribution < -0.4 is 10.1 Å². The van der Waals surface area contributed by atoms with E-state index in [1.165, 1.54) is 12.1 Å². The molecule has 1 saturated heterocycles. The van der Waals surface area contributed by atoms with Gasteiger partial charge in [-0.15, -0.1) is 0 Å².